The molecule has 0 radical (unpaired) electrons. The van der Waals surface area contributed by atoms with Crippen LogP contribution in [0, 0.1) is 17.8 Å². The molecule has 0 aromatic heterocycles. The minimum atomic E-state index is -1.36. The van der Waals surface area contributed by atoms with E-state index in [0.29, 0.717) is 23.7 Å². The summed E-state index contributed by atoms with van der Waals surface area (Å²) in [4.78, 5) is 14.7. The molecule has 0 bridgehead atoms. The van der Waals surface area contributed by atoms with Gasteiger partial charge in [-0.15, -0.1) is 4.72 Å². The summed E-state index contributed by atoms with van der Waals surface area (Å²) in [5.41, 5.74) is 0.573. The van der Waals surface area contributed by atoms with E-state index in [1.165, 1.54) is 6.07 Å². The number of ether oxygens (including phenoxy) is 2. The van der Waals surface area contributed by atoms with Gasteiger partial charge >= 0.3 is 0 Å². The van der Waals surface area contributed by atoms with E-state index in [1.54, 1.807) is 19.9 Å². The first kappa shape index (κ1) is 24.4. The van der Waals surface area contributed by atoms with Crippen LogP contribution in [0.2, 0.25) is 10.0 Å². The number of rotatable bonds is 5. The molecule has 7 nitrogen and oxygen atoms in total. The van der Waals surface area contributed by atoms with Crippen molar-refractivity contribution in [1.29, 1.82) is 0 Å². The van der Waals surface area contributed by atoms with Crippen molar-refractivity contribution in [2.45, 2.75) is 57.3 Å². The summed E-state index contributed by atoms with van der Waals surface area (Å²) >= 11 is 10.9. The zero-order valence-electron chi connectivity index (χ0n) is 18.9. The maximum absolute atomic E-state index is 12.9. The van der Waals surface area contributed by atoms with Gasteiger partial charge in [-0.05, 0) is 58.4 Å². The van der Waals surface area contributed by atoms with Crippen molar-refractivity contribution in [3.05, 3.63) is 27.7 Å². The van der Waals surface area contributed by atoms with Crippen LogP contribution in [0.1, 0.15) is 46.2 Å². The Morgan fingerprint density at radius 3 is 2.41 bits per heavy atom. The molecule has 1 amide bonds. The lowest BCUT2D eigenvalue weighted by Gasteiger charge is -2.30. The predicted octanol–water partition coefficient (Wildman–Crippen LogP) is 3.65. The van der Waals surface area contributed by atoms with Gasteiger partial charge in [0.2, 0.25) is 0 Å². The van der Waals surface area contributed by atoms with E-state index < -0.39 is 28.0 Å². The smallest absolute Gasteiger partial charge is 0.254 e. The number of amides is 1. The third-order valence-corrected chi connectivity index (χ3v) is 8.74. The molecular weight excluding hydrogens is 475 g/mol. The molecule has 2 unspecified atom stereocenters. The van der Waals surface area contributed by atoms with Gasteiger partial charge in [0.1, 0.15) is 10.5 Å². The molecule has 0 spiro atoms. The summed E-state index contributed by atoms with van der Waals surface area (Å²) in [5, 5.41) is 11.2. The Morgan fingerprint density at radius 2 is 1.88 bits per heavy atom. The second-order valence-corrected chi connectivity index (χ2v) is 13.1. The van der Waals surface area contributed by atoms with Gasteiger partial charge in [-0.2, -0.15) is 0 Å². The van der Waals surface area contributed by atoms with E-state index in [2.05, 4.69) is 4.72 Å². The third kappa shape index (κ3) is 4.73. The summed E-state index contributed by atoms with van der Waals surface area (Å²) in [6.45, 7) is 10.7. The molecule has 4 rings (SSSR count). The van der Waals surface area contributed by atoms with E-state index in [0.717, 1.165) is 0 Å². The summed E-state index contributed by atoms with van der Waals surface area (Å²) in [6, 6.07) is 2.68. The number of nitrogens with one attached hydrogen (secondary N) is 1. The first-order valence-corrected chi connectivity index (χ1v) is 12.7. The zero-order chi connectivity index (χ0) is 23.6. The highest BCUT2D eigenvalue weighted by molar-refractivity contribution is 7.90. The topological polar surface area (TPSA) is 94.1 Å². The molecule has 178 valence electrons. The van der Waals surface area contributed by atoms with Crippen molar-refractivity contribution in [2.24, 2.45) is 17.8 Å². The Bertz CT molecular complexity index is 897. The molecule has 2 aliphatic heterocycles. The van der Waals surface area contributed by atoms with Crippen molar-refractivity contribution in [3.63, 3.8) is 0 Å². The van der Waals surface area contributed by atoms with Gasteiger partial charge in [0.05, 0.1) is 22.7 Å². The van der Waals surface area contributed by atoms with Crippen LogP contribution in [0.5, 0.6) is 5.75 Å². The molecular formula is C22H30Cl2N2O5S. The number of fused-ring (bicyclic) bond motifs is 1. The van der Waals surface area contributed by atoms with Crippen molar-refractivity contribution in [2.75, 3.05) is 19.7 Å². The number of benzene rings is 1. The SMILES string of the molecule is CC1(C)OC[C@H](C(=O)N2C[C@@H]3[C@H](C2)[C@H]3C(N[S+]([O-])C(C)(C)C)c2cc(Cl)c(Cl)cc2O)O1. The Balaban J connectivity index is 1.50. The number of hydrogen-bond donors (Lipinski definition) is 2. The van der Waals surface area contributed by atoms with Crippen molar-refractivity contribution in [1.82, 2.24) is 9.62 Å². The van der Waals surface area contributed by atoms with Crippen LogP contribution < -0.4 is 4.72 Å². The van der Waals surface area contributed by atoms with Crippen LogP contribution in [0.4, 0.5) is 0 Å². The predicted molar refractivity (Wildman–Crippen MR) is 124 cm³/mol. The second-order valence-electron chi connectivity index (χ2n) is 10.3. The largest absolute Gasteiger partial charge is 0.598 e. The molecule has 6 atom stereocenters. The van der Waals surface area contributed by atoms with Crippen LogP contribution in [-0.4, -0.2) is 56.8 Å². The third-order valence-electron chi connectivity index (χ3n) is 6.44. The molecule has 3 aliphatic rings. The number of hydrogen-bond acceptors (Lipinski definition) is 6. The average Bonchev–Trinajstić information content (AvgIpc) is 2.99. The van der Waals surface area contributed by atoms with Gasteiger partial charge in [-0.25, -0.2) is 0 Å². The first-order valence-electron chi connectivity index (χ1n) is 10.7. The van der Waals surface area contributed by atoms with E-state index >= 15 is 0 Å². The molecule has 10 heteroatoms. The number of likely N-dealkylation sites (tertiary alicyclic amines) is 1. The highest BCUT2D eigenvalue weighted by Crippen LogP contribution is 2.59. The molecule has 2 heterocycles. The van der Waals surface area contributed by atoms with Crippen LogP contribution in [0.15, 0.2) is 12.1 Å². The summed E-state index contributed by atoms with van der Waals surface area (Å²) in [6.07, 6.45) is -0.581. The fourth-order valence-electron chi connectivity index (χ4n) is 4.70. The number of carbonyl (C=O) groups is 1. The van der Waals surface area contributed by atoms with Gasteiger partial charge in [-0.3, -0.25) is 4.79 Å². The maximum atomic E-state index is 12.9. The van der Waals surface area contributed by atoms with E-state index in [1.807, 2.05) is 25.7 Å². The van der Waals surface area contributed by atoms with Crippen molar-refractivity contribution in [3.8, 4) is 5.75 Å². The first-order chi connectivity index (χ1) is 14.8. The van der Waals surface area contributed by atoms with Gasteiger partial charge in [0.15, 0.2) is 11.9 Å². The number of aromatic hydroxyl groups is 1. The highest BCUT2D eigenvalue weighted by Gasteiger charge is 2.61. The van der Waals surface area contributed by atoms with Gasteiger partial charge in [0.25, 0.3) is 5.91 Å². The van der Waals surface area contributed by atoms with Crippen LogP contribution in [-0.2, 0) is 25.6 Å². The second kappa shape index (κ2) is 8.48. The molecule has 2 N–H and O–H groups in total. The lowest BCUT2D eigenvalue weighted by Crippen LogP contribution is -2.44. The lowest BCUT2D eigenvalue weighted by molar-refractivity contribution is -0.160. The monoisotopic (exact) mass is 504 g/mol. The van der Waals surface area contributed by atoms with Crippen molar-refractivity contribution < 1.29 is 23.9 Å². The minimum absolute atomic E-state index is 0.0134. The number of phenols is 1. The van der Waals surface area contributed by atoms with E-state index in [9.17, 15) is 14.5 Å². The average molecular weight is 505 g/mol. The quantitative estimate of drug-likeness (QED) is 0.594. The fraction of sp³-hybridized carbons (Fsp3) is 0.682. The minimum Gasteiger partial charge on any atom is -0.598 e. The van der Waals surface area contributed by atoms with Gasteiger partial charge in [-0.1, -0.05) is 23.2 Å². The highest BCUT2D eigenvalue weighted by atomic mass is 35.5. The number of piperidine rings is 1. The molecule has 1 aromatic rings. The van der Waals surface area contributed by atoms with Crippen LogP contribution >= 0.6 is 23.2 Å². The molecule has 3 fully saturated rings. The van der Waals surface area contributed by atoms with Gasteiger partial charge in [0, 0.05) is 36.1 Å². The van der Waals surface area contributed by atoms with E-state index in [4.69, 9.17) is 32.7 Å². The summed E-state index contributed by atoms with van der Waals surface area (Å²) < 4.78 is 26.9. The van der Waals surface area contributed by atoms with Crippen molar-refractivity contribution >= 4 is 40.5 Å². The number of nitrogens with zero attached hydrogens (tertiary/aromatic N) is 1. The number of halogens is 2. The fourth-order valence-corrected chi connectivity index (χ4v) is 5.90. The Hall–Kier alpha value is -0.740. The molecule has 1 saturated carbocycles. The van der Waals surface area contributed by atoms with Crippen LogP contribution in [0.3, 0.4) is 0 Å². The Kier molecular flexibility index (Phi) is 6.47. The zero-order valence-corrected chi connectivity index (χ0v) is 21.2. The molecule has 1 aromatic carbocycles. The summed E-state index contributed by atoms with van der Waals surface area (Å²) in [5.74, 6) is -0.204. The number of phenolic OH excluding ortho intramolecular Hbond substituents is 1. The van der Waals surface area contributed by atoms with E-state index in [-0.39, 0.29) is 47.1 Å². The van der Waals surface area contributed by atoms with Gasteiger partial charge < -0.3 is 24.0 Å². The Labute approximate surface area is 202 Å². The molecule has 2 saturated heterocycles. The standard InChI is InChI=1S/C22H30Cl2N2O5S/c1-21(2,3)32(29)25-19(11-6-14(23)15(24)7-16(11)27)18-12-8-26(9-13(12)18)20(28)17-10-30-22(4,5)31-17/h6-7,12-13,17-19,25,27H,8-10H2,1-5H3/t12-,13+,17-,18+,19?,32?/m1/s1. The lowest BCUT2D eigenvalue weighted by atomic mass is 9.99. The Morgan fingerprint density at radius 1 is 1.28 bits per heavy atom. The normalized spacial score (nSPS) is 30.8. The maximum Gasteiger partial charge on any atom is 0.254 e. The number of carbonyl (C=O) groups excluding carboxylic acids is 1. The molecule has 32 heavy (non-hydrogen) atoms. The van der Waals surface area contributed by atoms with Crippen LogP contribution in [0.25, 0.3) is 0 Å². The summed E-state index contributed by atoms with van der Waals surface area (Å²) in [7, 11) is 0. The molecule has 1 aliphatic carbocycles.